The van der Waals surface area contributed by atoms with E-state index in [0.29, 0.717) is 46.1 Å². The van der Waals surface area contributed by atoms with E-state index >= 15 is 0 Å². The van der Waals surface area contributed by atoms with Crippen molar-refractivity contribution in [2.24, 2.45) is 0 Å². The molecular weight excluding hydrogens is 515 g/mol. The lowest BCUT2D eigenvalue weighted by Crippen LogP contribution is -2.36. The molecule has 8 nitrogen and oxygen atoms in total. The van der Waals surface area contributed by atoms with Gasteiger partial charge in [0, 0.05) is 36.5 Å². The zero-order valence-corrected chi connectivity index (χ0v) is 21.8. The van der Waals surface area contributed by atoms with Crippen LogP contribution >= 0.6 is 11.3 Å². The first-order valence-corrected chi connectivity index (χ1v) is 13.3. The molecule has 1 saturated heterocycles. The summed E-state index contributed by atoms with van der Waals surface area (Å²) in [5.74, 6) is -0.419. The van der Waals surface area contributed by atoms with Gasteiger partial charge in [0.2, 0.25) is 0 Å². The number of carbonyl (C=O) groups is 1. The van der Waals surface area contributed by atoms with Gasteiger partial charge in [0.15, 0.2) is 10.8 Å². The highest BCUT2D eigenvalue weighted by Crippen LogP contribution is 2.35. The third kappa shape index (κ3) is 6.38. The molecule has 0 bridgehead atoms. The number of amides is 1. The van der Waals surface area contributed by atoms with Gasteiger partial charge in [-0.3, -0.25) is 9.69 Å². The molecule has 1 atom stereocenters. The Morgan fingerprint density at radius 1 is 1.19 bits per heavy atom. The summed E-state index contributed by atoms with van der Waals surface area (Å²) in [6, 6.07) is 5.05. The molecule has 1 amide bonds. The van der Waals surface area contributed by atoms with Crippen molar-refractivity contribution >= 4 is 43.9 Å². The second-order valence-corrected chi connectivity index (χ2v) is 10.2. The first-order valence-electron chi connectivity index (χ1n) is 11.3. The number of carbonyl (C=O) groups excluding carboxylic acids is 1. The second kappa shape index (κ2) is 12.1. The number of hydrogen-bond donors (Lipinski definition) is 2. The number of thiophene rings is 1. The Kier molecular flexibility index (Phi) is 9.39. The van der Waals surface area contributed by atoms with Crippen molar-refractivity contribution in [2.45, 2.75) is 44.3 Å². The summed E-state index contributed by atoms with van der Waals surface area (Å²) in [7, 11) is -3.09. The number of fused-ring (bicyclic) bond motifs is 1. The number of morpholine rings is 1. The Morgan fingerprint density at radius 3 is 2.44 bits per heavy atom. The number of nitrogen functional groups attached to an aromatic ring is 1. The molecule has 1 aliphatic rings. The highest BCUT2D eigenvalue weighted by atomic mass is 32.2. The number of nitrogens with zero attached hydrogens (tertiary/aromatic N) is 3. The van der Waals surface area contributed by atoms with Crippen LogP contribution in [0.5, 0.6) is 0 Å². The van der Waals surface area contributed by atoms with Gasteiger partial charge in [0.1, 0.15) is 9.71 Å². The van der Waals surface area contributed by atoms with E-state index in [0.717, 1.165) is 47.8 Å². The Balaban J connectivity index is 0.00000176. The fourth-order valence-corrected chi connectivity index (χ4v) is 5.27. The molecule has 3 N–H and O–H groups in total. The van der Waals surface area contributed by atoms with Gasteiger partial charge in [-0.1, -0.05) is 26.0 Å². The van der Waals surface area contributed by atoms with Gasteiger partial charge in [-0.2, -0.15) is 18.3 Å². The minimum Gasteiger partial charge on any atom is -0.397 e. The van der Waals surface area contributed by atoms with Crippen LogP contribution in [0.2, 0.25) is 0 Å². The van der Waals surface area contributed by atoms with E-state index in [4.69, 9.17) is 10.5 Å². The topological polar surface area (TPSA) is 110 Å². The van der Waals surface area contributed by atoms with Crippen LogP contribution in [-0.4, -0.2) is 57.0 Å². The van der Waals surface area contributed by atoms with Crippen LogP contribution in [0.25, 0.3) is 10.2 Å². The number of alkyl halides is 3. The van der Waals surface area contributed by atoms with E-state index in [-0.39, 0.29) is 11.4 Å². The molecule has 4 rings (SSSR count). The normalized spacial score (nSPS) is 15.3. The molecule has 36 heavy (non-hydrogen) atoms. The van der Waals surface area contributed by atoms with Crippen molar-refractivity contribution in [1.82, 2.24) is 20.4 Å². The van der Waals surface area contributed by atoms with Gasteiger partial charge < -0.3 is 15.8 Å². The number of benzene rings is 1. The quantitative estimate of drug-likeness (QED) is 0.484. The molecule has 13 heteroatoms. The van der Waals surface area contributed by atoms with Crippen molar-refractivity contribution in [1.29, 1.82) is 0 Å². The van der Waals surface area contributed by atoms with Crippen LogP contribution in [0.15, 0.2) is 29.2 Å². The van der Waals surface area contributed by atoms with Crippen LogP contribution in [0, 0.1) is 6.92 Å². The largest absolute Gasteiger partial charge is 0.475 e. The maximum Gasteiger partial charge on any atom is 0.475 e. The number of anilines is 1. The van der Waals surface area contributed by atoms with Crippen LogP contribution in [0.3, 0.4) is 0 Å². The predicted octanol–water partition coefficient (Wildman–Crippen LogP) is 4.00. The molecule has 0 radical (unpaired) electrons. The first kappa shape index (κ1) is 28.0. The van der Waals surface area contributed by atoms with E-state index in [1.165, 1.54) is 12.1 Å². The van der Waals surface area contributed by atoms with Gasteiger partial charge in [-0.15, -0.1) is 16.4 Å². The number of ether oxygens (including phenoxy) is 1. The van der Waals surface area contributed by atoms with Gasteiger partial charge >= 0.3 is 5.51 Å². The number of halogens is 3. The minimum atomic E-state index is -4.82. The average molecular weight is 544 g/mol. The molecule has 2 aromatic heterocycles. The number of rotatable bonds is 6. The fraction of sp³-hybridized carbons (Fsp3) is 0.435. The smallest absolute Gasteiger partial charge is 0.397 e. The lowest BCUT2D eigenvalue weighted by molar-refractivity contribution is -0.0384. The van der Waals surface area contributed by atoms with Crippen molar-refractivity contribution in [3.05, 3.63) is 46.0 Å². The SMILES string of the molecule is CC.Cc1c(CN2CCOCC2)nnc2sc(C(=O)NCc3ccc(S(=O)C(F)(F)F)cc3)c(N)c12. The highest BCUT2D eigenvalue weighted by molar-refractivity contribution is 7.86. The Bertz CT molecular complexity index is 1230. The van der Waals surface area contributed by atoms with Crippen LogP contribution in [0.1, 0.15) is 40.3 Å². The molecule has 196 valence electrons. The zero-order chi connectivity index (χ0) is 26.5. The van der Waals surface area contributed by atoms with Gasteiger partial charge in [-0.05, 0) is 30.2 Å². The van der Waals surface area contributed by atoms with Gasteiger partial charge in [0.05, 0.1) is 24.6 Å². The maximum atomic E-state index is 12.8. The molecule has 0 saturated carbocycles. The third-order valence-corrected chi connectivity index (χ3v) is 7.69. The molecule has 3 heterocycles. The van der Waals surface area contributed by atoms with Crippen molar-refractivity contribution in [2.75, 3.05) is 32.0 Å². The molecule has 1 aromatic carbocycles. The van der Waals surface area contributed by atoms with E-state index in [1.54, 1.807) is 0 Å². The summed E-state index contributed by atoms with van der Waals surface area (Å²) in [6.45, 7) is 9.54. The number of aromatic nitrogens is 2. The van der Waals surface area contributed by atoms with Crippen LogP contribution in [-0.2, 0) is 28.6 Å². The summed E-state index contributed by atoms with van der Waals surface area (Å²) in [5, 5.41) is 12.0. The number of nitrogens with two attached hydrogens (primary N) is 1. The summed E-state index contributed by atoms with van der Waals surface area (Å²) >= 11 is 1.14. The van der Waals surface area contributed by atoms with E-state index < -0.39 is 22.2 Å². The Labute approximate surface area is 213 Å². The monoisotopic (exact) mass is 543 g/mol. The van der Waals surface area contributed by atoms with E-state index in [9.17, 15) is 22.2 Å². The molecule has 0 aliphatic carbocycles. The summed E-state index contributed by atoms with van der Waals surface area (Å²) < 4.78 is 54.5. The predicted molar refractivity (Wildman–Crippen MR) is 134 cm³/mol. The lowest BCUT2D eigenvalue weighted by Gasteiger charge is -2.26. The van der Waals surface area contributed by atoms with Crippen molar-refractivity contribution < 1.29 is 26.9 Å². The van der Waals surface area contributed by atoms with Crippen molar-refractivity contribution in [3.8, 4) is 0 Å². The second-order valence-electron chi connectivity index (χ2n) is 7.73. The molecule has 3 aromatic rings. The highest BCUT2D eigenvalue weighted by Gasteiger charge is 2.37. The zero-order valence-electron chi connectivity index (χ0n) is 20.1. The third-order valence-electron chi connectivity index (χ3n) is 5.48. The fourth-order valence-electron chi connectivity index (χ4n) is 3.61. The summed E-state index contributed by atoms with van der Waals surface area (Å²) in [6.07, 6.45) is 0. The average Bonchev–Trinajstić information content (AvgIpc) is 3.22. The van der Waals surface area contributed by atoms with Crippen molar-refractivity contribution in [3.63, 3.8) is 0 Å². The number of hydrogen-bond acceptors (Lipinski definition) is 8. The van der Waals surface area contributed by atoms with Crippen LogP contribution < -0.4 is 11.1 Å². The Hall–Kier alpha value is -2.61. The minimum absolute atomic E-state index is 0.0679. The Morgan fingerprint density at radius 2 is 1.83 bits per heavy atom. The van der Waals surface area contributed by atoms with Gasteiger partial charge in [-0.25, -0.2) is 4.21 Å². The van der Waals surface area contributed by atoms with Crippen LogP contribution in [0.4, 0.5) is 18.9 Å². The summed E-state index contributed by atoms with van der Waals surface area (Å²) in [5.41, 5.74) is 4.04. The molecule has 1 unspecified atom stereocenters. The maximum absolute atomic E-state index is 12.8. The molecule has 0 spiro atoms. The lowest BCUT2D eigenvalue weighted by atomic mass is 10.1. The number of nitrogens with one attached hydrogen (secondary N) is 1. The van der Waals surface area contributed by atoms with E-state index in [1.807, 2.05) is 20.8 Å². The van der Waals surface area contributed by atoms with Gasteiger partial charge in [0.25, 0.3) is 5.91 Å². The molecular formula is C23H28F3N5O3S2. The first-order chi connectivity index (χ1) is 17.1. The molecule has 1 fully saturated rings. The molecule has 1 aliphatic heterocycles. The number of aryl methyl sites for hydroxylation is 1. The summed E-state index contributed by atoms with van der Waals surface area (Å²) in [4.78, 5) is 15.5. The van der Waals surface area contributed by atoms with E-state index in [2.05, 4.69) is 20.4 Å². The standard InChI is InChI=1S/C21H22F3N5O3S2.C2H6/c1-12-15(11-29-6-8-32-9-7-29)27-28-20-16(12)17(25)18(33-20)19(30)26-10-13-2-4-14(5-3-13)34(31)21(22,23)24;1-2/h2-5H,6-11,25H2,1H3,(H,26,30);1-2H3.